The third-order valence-electron chi connectivity index (χ3n) is 5.25. The summed E-state index contributed by atoms with van der Waals surface area (Å²) in [6.45, 7) is 0. The van der Waals surface area contributed by atoms with E-state index < -0.39 is 40.1 Å². The minimum absolute atomic E-state index is 0.0148. The number of nitrogens with zero attached hydrogens (tertiary/aromatic N) is 3. The SMILES string of the molecule is COS(=O)(=O)N[C@H]1C[C@@H](Nc2ccnc3cc(-c4cccc(SC(F)(F)F)c4)nn23)[C@H](O)[C@@H]1O. The van der Waals surface area contributed by atoms with Gasteiger partial charge in [0.2, 0.25) is 0 Å². The van der Waals surface area contributed by atoms with Gasteiger partial charge in [0.25, 0.3) is 0 Å². The minimum Gasteiger partial charge on any atom is -0.389 e. The van der Waals surface area contributed by atoms with E-state index in [1.807, 2.05) is 0 Å². The highest BCUT2D eigenvalue weighted by Gasteiger charge is 2.43. The van der Waals surface area contributed by atoms with Gasteiger partial charge in [0.05, 0.1) is 31.0 Å². The summed E-state index contributed by atoms with van der Waals surface area (Å²) in [5.74, 6) is 0.378. The van der Waals surface area contributed by atoms with Crippen molar-refractivity contribution in [2.45, 2.75) is 41.1 Å². The Morgan fingerprint density at radius 3 is 2.62 bits per heavy atom. The number of hydrogen-bond acceptors (Lipinski definition) is 9. The molecule has 1 saturated carbocycles. The van der Waals surface area contributed by atoms with Crippen molar-refractivity contribution >= 4 is 33.5 Å². The summed E-state index contributed by atoms with van der Waals surface area (Å²) in [6.07, 6.45) is -1.18. The van der Waals surface area contributed by atoms with Crippen molar-refractivity contribution in [1.29, 1.82) is 0 Å². The third kappa shape index (κ3) is 5.45. The Morgan fingerprint density at radius 2 is 1.91 bits per heavy atom. The van der Waals surface area contributed by atoms with Gasteiger partial charge in [-0.15, -0.1) is 0 Å². The van der Waals surface area contributed by atoms with E-state index >= 15 is 0 Å². The lowest BCUT2D eigenvalue weighted by Crippen LogP contribution is -2.43. The molecule has 2 aromatic heterocycles. The molecule has 15 heteroatoms. The summed E-state index contributed by atoms with van der Waals surface area (Å²) in [4.78, 5) is 4.22. The Kier molecular flexibility index (Phi) is 6.76. The second kappa shape index (κ2) is 9.31. The number of thioether (sulfide) groups is 1. The molecule has 1 aliphatic carbocycles. The smallest absolute Gasteiger partial charge is 0.389 e. The van der Waals surface area contributed by atoms with Crippen molar-refractivity contribution in [3.05, 3.63) is 42.6 Å². The predicted molar refractivity (Wildman–Crippen MR) is 117 cm³/mol. The molecule has 4 rings (SSSR count). The molecule has 184 valence electrons. The molecule has 0 amide bonds. The first-order valence-corrected chi connectivity index (χ1v) is 12.1. The van der Waals surface area contributed by atoms with Crippen LogP contribution in [0.25, 0.3) is 16.9 Å². The summed E-state index contributed by atoms with van der Waals surface area (Å²) < 4.78 is 69.4. The van der Waals surface area contributed by atoms with Crippen LogP contribution in [0.3, 0.4) is 0 Å². The minimum atomic E-state index is -4.42. The average molecular weight is 520 g/mol. The van der Waals surface area contributed by atoms with Crippen LogP contribution in [-0.2, 0) is 14.5 Å². The first-order chi connectivity index (χ1) is 16.0. The van der Waals surface area contributed by atoms with Crippen molar-refractivity contribution in [2.75, 3.05) is 12.4 Å². The molecule has 0 spiro atoms. The number of halogens is 3. The maximum Gasteiger partial charge on any atom is 0.446 e. The monoisotopic (exact) mass is 519 g/mol. The van der Waals surface area contributed by atoms with E-state index in [4.69, 9.17) is 0 Å². The molecule has 3 aromatic rings. The normalized spacial score (nSPS) is 23.5. The first kappa shape index (κ1) is 24.7. The Morgan fingerprint density at radius 1 is 1.18 bits per heavy atom. The van der Waals surface area contributed by atoms with Gasteiger partial charge in [0.1, 0.15) is 11.9 Å². The molecule has 0 unspecified atom stereocenters. The van der Waals surface area contributed by atoms with Gasteiger partial charge in [0, 0.05) is 22.7 Å². The zero-order valence-electron chi connectivity index (χ0n) is 17.5. The molecule has 0 radical (unpaired) electrons. The van der Waals surface area contributed by atoms with Crippen molar-refractivity contribution in [1.82, 2.24) is 19.3 Å². The second-order valence-corrected chi connectivity index (χ2v) is 10.1. The number of benzene rings is 1. The Bertz CT molecular complexity index is 1290. The summed E-state index contributed by atoms with van der Waals surface area (Å²) in [6, 6.07) is 7.27. The molecule has 1 aromatic carbocycles. The van der Waals surface area contributed by atoms with Gasteiger partial charge in [-0.1, -0.05) is 12.1 Å². The van der Waals surface area contributed by atoms with Gasteiger partial charge >= 0.3 is 15.8 Å². The summed E-state index contributed by atoms with van der Waals surface area (Å²) >= 11 is -0.225. The van der Waals surface area contributed by atoms with Crippen LogP contribution < -0.4 is 10.0 Å². The molecule has 34 heavy (non-hydrogen) atoms. The zero-order valence-corrected chi connectivity index (χ0v) is 19.1. The number of hydrogen-bond donors (Lipinski definition) is 4. The van der Waals surface area contributed by atoms with Crippen LogP contribution in [-0.4, -0.2) is 70.1 Å². The molecule has 1 fully saturated rings. The van der Waals surface area contributed by atoms with E-state index in [0.29, 0.717) is 22.7 Å². The highest BCUT2D eigenvalue weighted by atomic mass is 32.2. The van der Waals surface area contributed by atoms with E-state index in [0.717, 1.165) is 7.11 Å². The van der Waals surface area contributed by atoms with E-state index in [9.17, 15) is 31.8 Å². The van der Waals surface area contributed by atoms with Gasteiger partial charge < -0.3 is 15.5 Å². The summed E-state index contributed by atoms with van der Waals surface area (Å²) in [5.41, 5.74) is -3.20. The molecule has 0 saturated heterocycles. The van der Waals surface area contributed by atoms with Crippen LogP contribution in [0.2, 0.25) is 0 Å². The van der Waals surface area contributed by atoms with Crippen molar-refractivity contribution in [3.63, 3.8) is 0 Å². The van der Waals surface area contributed by atoms with Crippen molar-refractivity contribution < 1.29 is 36.0 Å². The Balaban J connectivity index is 1.58. The fourth-order valence-electron chi connectivity index (χ4n) is 3.71. The van der Waals surface area contributed by atoms with Crippen LogP contribution in [0.1, 0.15) is 6.42 Å². The molecule has 0 bridgehead atoms. The maximum absolute atomic E-state index is 12.7. The highest BCUT2D eigenvalue weighted by molar-refractivity contribution is 8.00. The number of anilines is 1. The fraction of sp³-hybridized carbons (Fsp3) is 0.368. The first-order valence-electron chi connectivity index (χ1n) is 9.87. The molecule has 4 atom stereocenters. The van der Waals surface area contributed by atoms with Gasteiger partial charge in [-0.05, 0) is 36.4 Å². The second-order valence-electron chi connectivity index (χ2n) is 7.52. The molecule has 2 heterocycles. The molecule has 10 nitrogen and oxygen atoms in total. The lowest BCUT2D eigenvalue weighted by atomic mass is 10.1. The Labute approximate surface area is 196 Å². The van der Waals surface area contributed by atoms with Crippen LogP contribution in [0.4, 0.5) is 19.0 Å². The molecule has 1 aliphatic rings. The van der Waals surface area contributed by atoms with Crippen LogP contribution in [0.15, 0.2) is 47.5 Å². The van der Waals surface area contributed by atoms with Crippen LogP contribution in [0.5, 0.6) is 0 Å². The number of rotatable bonds is 7. The number of aliphatic hydroxyl groups excluding tert-OH is 2. The zero-order chi connectivity index (χ0) is 24.7. The topological polar surface area (TPSA) is 138 Å². The standard InChI is InChI=1S/C19H20F3N5O5S2/c1-32-34(30,31)26-14-8-13(17(28)18(14)29)24-15-5-6-23-16-9-12(25-27(15)16)10-3-2-4-11(7-10)33-19(20,21)22/h2-7,9,13-14,17-18,24,26,28-29H,8H2,1H3/t13-,14+,17+,18-/m1/s1. The average Bonchev–Trinajstić information content (AvgIpc) is 3.31. The molecular formula is C19H20F3N5O5S2. The molecular weight excluding hydrogens is 499 g/mol. The van der Waals surface area contributed by atoms with Crippen molar-refractivity contribution in [2.24, 2.45) is 0 Å². The van der Waals surface area contributed by atoms with Crippen molar-refractivity contribution in [3.8, 4) is 11.3 Å². The number of aliphatic hydroxyl groups is 2. The largest absolute Gasteiger partial charge is 0.446 e. The van der Waals surface area contributed by atoms with Crippen LogP contribution in [0, 0.1) is 0 Å². The Hall–Kier alpha value is -2.43. The van der Waals surface area contributed by atoms with Gasteiger partial charge in [0.15, 0.2) is 5.65 Å². The number of nitrogens with one attached hydrogen (secondary N) is 2. The number of aromatic nitrogens is 3. The lowest BCUT2D eigenvalue weighted by Gasteiger charge is -2.19. The molecule has 0 aliphatic heterocycles. The number of fused-ring (bicyclic) bond motifs is 1. The van der Waals surface area contributed by atoms with Gasteiger partial charge in [-0.25, -0.2) is 4.98 Å². The van der Waals surface area contributed by atoms with Gasteiger partial charge in [-0.2, -0.15) is 35.9 Å². The fourth-order valence-corrected chi connectivity index (χ4v) is 5.01. The number of alkyl halides is 3. The predicted octanol–water partition coefficient (Wildman–Crippen LogP) is 1.76. The quantitative estimate of drug-likeness (QED) is 0.344. The van der Waals surface area contributed by atoms with E-state index in [-0.39, 0.29) is 23.1 Å². The van der Waals surface area contributed by atoms with E-state index in [1.165, 1.54) is 28.9 Å². The van der Waals surface area contributed by atoms with E-state index in [2.05, 4.69) is 24.3 Å². The lowest BCUT2D eigenvalue weighted by molar-refractivity contribution is -0.0328. The van der Waals surface area contributed by atoms with E-state index in [1.54, 1.807) is 18.2 Å². The third-order valence-corrected chi connectivity index (χ3v) is 7.00. The van der Waals surface area contributed by atoms with Gasteiger partial charge in [-0.3, -0.25) is 4.18 Å². The maximum atomic E-state index is 12.7. The molecule has 4 N–H and O–H groups in total. The summed E-state index contributed by atoms with van der Waals surface area (Å²) in [7, 11) is -3.11. The highest BCUT2D eigenvalue weighted by Crippen LogP contribution is 2.38. The van der Waals surface area contributed by atoms with Crippen LogP contribution >= 0.6 is 11.8 Å². The summed E-state index contributed by atoms with van der Waals surface area (Å²) in [5, 5.41) is 28.1.